The third-order valence-electron chi connectivity index (χ3n) is 1.55. The second kappa shape index (κ2) is 3.60. The maximum absolute atomic E-state index is 10.7. The van der Waals surface area contributed by atoms with Crippen LogP contribution in [-0.4, -0.2) is 9.67 Å². The van der Waals surface area contributed by atoms with Gasteiger partial charge in [-0.15, -0.1) is 0 Å². The van der Waals surface area contributed by atoms with Crippen LogP contribution < -0.4 is 5.43 Å². The molecule has 0 spiro atoms. The molecule has 1 heterocycles. The van der Waals surface area contributed by atoms with Gasteiger partial charge in [0.2, 0.25) is 5.43 Å². The molecule has 62 valence electrons. The van der Waals surface area contributed by atoms with E-state index in [-0.39, 0.29) is 28.2 Å². The molecule has 1 aromatic heterocycles. The van der Waals surface area contributed by atoms with Crippen LogP contribution in [0.1, 0.15) is 5.69 Å². The predicted octanol–water partition coefficient (Wildman–Crippen LogP) is 0.397. The zero-order valence-corrected chi connectivity index (χ0v) is 7.42. The van der Waals surface area contributed by atoms with E-state index in [1.807, 2.05) is 0 Å². The van der Waals surface area contributed by atoms with Crippen molar-refractivity contribution in [3.63, 3.8) is 0 Å². The largest absolute Gasteiger partial charge is 0.503 e. The van der Waals surface area contributed by atoms with Gasteiger partial charge < -0.3 is 9.67 Å². The van der Waals surface area contributed by atoms with Gasteiger partial charge in [-0.05, 0) is 6.92 Å². The van der Waals surface area contributed by atoms with Gasteiger partial charge >= 0.3 is 0 Å². The van der Waals surface area contributed by atoms with Gasteiger partial charge in [0.1, 0.15) is 0 Å². The fourth-order valence-electron chi connectivity index (χ4n) is 0.716. The van der Waals surface area contributed by atoms with Crippen LogP contribution in [0, 0.1) is 6.92 Å². The number of pyridine rings is 1. The van der Waals surface area contributed by atoms with Gasteiger partial charge in [0.15, 0.2) is 5.75 Å². The summed E-state index contributed by atoms with van der Waals surface area (Å²) in [5, 5.41) is 9.05. The van der Waals surface area contributed by atoms with Gasteiger partial charge in [0, 0.05) is 36.4 Å². The third-order valence-corrected chi connectivity index (χ3v) is 1.55. The molecule has 0 fully saturated rings. The summed E-state index contributed by atoms with van der Waals surface area (Å²) in [7, 11) is 1.77. The van der Waals surface area contributed by atoms with Crippen LogP contribution in [0.3, 0.4) is 0 Å². The summed E-state index contributed by atoms with van der Waals surface area (Å²) in [5.41, 5.74) is 0.267. The molecule has 0 aliphatic heterocycles. The van der Waals surface area contributed by atoms with Gasteiger partial charge in [-0.25, -0.2) is 0 Å². The summed E-state index contributed by atoms with van der Waals surface area (Å²) >= 11 is 0. The number of rotatable bonds is 0. The summed E-state index contributed by atoms with van der Waals surface area (Å²) < 4.78 is 1.69. The van der Waals surface area contributed by atoms with E-state index in [2.05, 4.69) is 0 Å². The maximum atomic E-state index is 10.7. The average Bonchev–Trinajstić information content (AvgIpc) is 1.93. The number of aryl methyl sites for hydroxylation is 1. The van der Waals surface area contributed by atoms with E-state index in [0.717, 1.165) is 0 Å². The van der Waals surface area contributed by atoms with Gasteiger partial charge in [-0.3, -0.25) is 4.79 Å². The van der Waals surface area contributed by atoms with E-state index in [4.69, 9.17) is 5.11 Å². The van der Waals surface area contributed by atoms with Crippen LogP contribution >= 0.6 is 0 Å². The van der Waals surface area contributed by atoms with Crippen LogP contribution in [0.25, 0.3) is 0 Å². The minimum Gasteiger partial charge on any atom is -0.503 e. The summed E-state index contributed by atoms with van der Waals surface area (Å²) in [6, 6.07) is 1.34. The topological polar surface area (TPSA) is 42.2 Å². The number of nitrogens with zero attached hydrogens (tertiary/aromatic N) is 1. The van der Waals surface area contributed by atoms with E-state index >= 15 is 0 Å². The van der Waals surface area contributed by atoms with E-state index in [9.17, 15) is 4.79 Å². The second-order valence-corrected chi connectivity index (χ2v) is 2.22. The quantitative estimate of drug-likeness (QED) is 0.608. The molecule has 0 radical (unpaired) electrons. The van der Waals surface area contributed by atoms with Crippen molar-refractivity contribution < 1.29 is 22.2 Å². The smallest absolute Gasteiger partial charge is 0.223 e. The molecule has 1 aromatic rings. The van der Waals surface area contributed by atoms with Crippen molar-refractivity contribution in [2.75, 3.05) is 0 Å². The van der Waals surface area contributed by atoms with Crippen molar-refractivity contribution in [2.45, 2.75) is 6.92 Å². The molecule has 0 unspecified atom stereocenters. The van der Waals surface area contributed by atoms with Gasteiger partial charge in [0.05, 0.1) is 5.69 Å². The molecular formula is C7H9FeNO2. The Kier molecular flexibility index (Phi) is 3.36. The monoisotopic (exact) mass is 195 g/mol. The second-order valence-electron chi connectivity index (χ2n) is 2.22. The SMILES string of the molecule is Cc1c(O)c(=O)ccn1C.[Fe]. The Morgan fingerprint density at radius 1 is 1.55 bits per heavy atom. The Hall–Kier alpha value is -0.731. The Labute approximate surface area is 75.1 Å². The van der Waals surface area contributed by atoms with Gasteiger partial charge in [-0.2, -0.15) is 0 Å². The molecule has 3 nitrogen and oxygen atoms in total. The fourth-order valence-corrected chi connectivity index (χ4v) is 0.716. The van der Waals surface area contributed by atoms with E-state index in [1.165, 1.54) is 6.07 Å². The normalized spacial score (nSPS) is 8.91. The van der Waals surface area contributed by atoms with Crippen LogP contribution in [0.5, 0.6) is 5.75 Å². The molecule has 0 aliphatic carbocycles. The average molecular weight is 195 g/mol. The minimum atomic E-state index is -0.324. The standard InChI is InChI=1S/C7H9NO2.Fe/c1-5-7(10)6(9)3-4-8(5)2;/h3-4,10H,1-2H3;. The molecule has 0 amide bonds. The molecular weight excluding hydrogens is 186 g/mol. The van der Waals surface area contributed by atoms with Crippen molar-refractivity contribution in [3.8, 4) is 5.75 Å². The number of aromatic hydroxyl groups is 1. The maximum Gasteiger partial charge on any atom is 0.223 e. The first-order valence-corrected chi connectivity index (χ1v) is 2.98. The Balaban J connectivity index is 0.000001000. The Bertz CT molecular complexity index is 306. The number of hydrogen-bond acceptors (Lipinski definition) is 2. The van der Waals surface area contributed by atoms with E-state index in [1.54, 1.807) is 24.7 Å². The summed E-state index contributed by atoms with van der Waals surface area (Å²) in [5.74, 6) is -0.162. The van der Waals surface area contributed by atoms with Crippen molar-refractivity contribution >= 4 is 0 Å². The zero-order valence-electron chi connectivity index (χ0n) is 6.31. The molecule has 0 saturated heterocycles. The molecule has 1 N–H and O–H groups in total. The van der Waals surface area contributed by atoms with Crippen LogP contribution in [0.15, 0.2) is 17.1 Å². The van der Waals surface area contributed by atoms with Crippen LogP contribution in [-0.2, 0) is 24.1 Å². The minimum absolute atomic E-state index is 0. The zero-order chi connectivity index (χ0) is 7.72. The summed E-state index contributed by atoms with van der Waals surface area (Å²) in [6.45, 7) is 1.69. The van der Waals surface area contributed by atoms with Crippen molar-refractivity contribution in [1.29, 1.82) is 0 Å². The molecule has 0 saturated carbocycles. The Morgan fingerprint density at radius 2 is 2.09 bits per heavy atom. The molecule has 0 atom stereocenters. The molecule has 0 aliphatic rings. The first-order valence-electron chi connectivity index (χ1n) is 2.98. The van der Waals surface area contributed by atoms with Gasteiger partial charge in [0.25, 0.3) is 0 Å². The van der Waals surface area contributed by atoms with E-state index < -0.39 is 0 Å². The van der Waals surface area contributed by atoms with Crippen LogP contribution in [0.4, 0.5) is 0 Å². The summed E-state index contributed by atoms with van der Waals surface area (Å²) in [6.07, 6.45) is 1.62. The number of hydrogen-bond donors (Lipinski definition) is 1. The van der Waals surface area contributed by atoms with Gasteiger partial charge in [-0.1, -0.05) is 0 Å². The first-order chi connectivity index (χ1) is 4.63. The van der Waals surface area contributed by atoms with E-state index in [0.29, 0.717) is 5.69 Å². The molecule has 0 bridgehead atoms. The van der Waals surface area contributed by atoms with Crippen LogP contribution in [0.2, 0.25) is 0 Å². The third kappa shape index (κ3) is 1.85. The van der Waals surface area contributed by atoms with Crippen molar-refractivity contribution in [1.82, 2.24) is 4.57 Å². The fraction of sp³-hybridized carbons (Fsp3) is 0.286. The van der Waals surface area contributed by atoms with Crippen molar-refractivity contribution in [2.24, 2.45) is 7.05 Å². The number of aromatic nitrogens is 1. The molecule has 1 rings (SSSR count). The predicted molar refractivity (Wildman–Crippen MR) is 38.1 cm³/mol. The summed E-state index contributed by atoms with van der Waals surface area (Å²) in [4.78, 5) is 10.7. The Morgan fingerprint density at radius 3 is 2.55 bits per heavy atom. The van der Waals surface area contributed by atoms with Crippen molar-refractivity contribution in [3.05, 3.63) is 28.2 Å². The molecule has 4 heteroatoms. The molecule has 0 aromatic carbocycles. The molecule has 11 heavy (non-hydrogen) atoms. The first kappa shape index (κ1) is 10.3.